The van der Waals surface area contributed by atoms with Crippen LogP contribution in [0.5, 0.6) is 5.75 Å². The summed E-state index contributed by atoms with van der Waals surface area (Å²) in [5.41, 5.74) is 5.03. The molecule has 1 aliphatic heterocycles. The summed E-state index contributed by atoms with van der Waals surface area (Å²) in [5.74, 6) is 0.385. The van der Waals surface area contributed by atoms with Gasteiger partial charge in [0.05, 0.1) is 17.1 Å². The van der Waals surface area contributed by atoms with Crippen molar-refractivity contribution in [2.45, 2.75) is 39.5 Å². The van der Waals surface area contributed by atoms with Crippen LogP contribution >= 0.6 is 11.8 Å². The highest BCUT2D eigenvalue weighted by molar-refractivity contribution is 8.15. The van der Waals surface area contributed by atoms with Gasteiger partial charge < -0.3 is 10.1 Å². The lowest BCUT2D eigenvalue weighted by atomic mass is 9.98. The summed E-state index contributed by atoms with van der Waals surface area (Å²) < 4.78 is 42.6. The molecule has 3 amide bonds. The lowest BCUT2D eigenvalue weighted by Crippen LogP contribution is -2.32. The molecule has 4 aromatic rings. The van der Waals surface area contributed by atoms with Crippen molar-refractivity contribution < 1.29 is 27.5 Å². The lowest BCUT2D eigenvalue weighted by molar-refractivity contribution is -0.274. The number of urea groups is 1. The van der Waals surface area contributed by atoms with Crippen LogP contribution in [0.15, 0.2) is 78.0 Å². The molecular formula is C31H29F3N6O3S. The van der Waals surface area contributed by atoms with Crippen LogP contribution < -0.4 is 15.0 Å². The molecule has 1 saturated heterocycles. The van der Waals surface area contributed by atoms with Gasteiger partial charge in [0.1, 0.15) is 12.1 Å². The van der Waals surface area contributed by atoms with Gasteiger partial charge in [-0.15, -0.1) is 18.3 Å². The molecule has 1 N–H and O–H groups in total. The smallest absolute Gasteiger partial charge is 0.406 e. The molecular weight excluding hydrogens is 593 g/mol. The number of carbonyl (C=O) groups excluding carboxylic acids is 2. The number of hydrogen-bond donors (Lipinski definition) is 1. The van der Waals surface area contributed by atoms with Crippen molar-refractivity contribution in [2.75, 3.05) is 17.2 Å². The molecule has 2 heterocycles. The fourth-order valence-electron chi connectivity index (χ4n) is 4.65. The Hall–Kier alpha value is -4.65. The summed E-state index contributed by atoms with van der Waals surface area (Å²) in [6.07, 6.45) is -2.78. The van der Waals surface area contributed by atoms with Crippen molar-refractivity contribution in [1.29, 1.82) is 0 Å². The maximum atomic E-state index is 12.8. The highest BCUT2D eigenvalue weighted by Crippen LogP contribution is 2.34. The van der Waals surface area contributed by atoms with E-state index in [1.807, 2.05) is 43.3 Å². The van der Waals surface area contributed by atoms with E-state index in [4.69, 9.17) is 0 Å². The number of carbonyl (C=O) groups is 2. The molecule has 0 bridgehead atoms. The second-order valence-electron chi connectivity index (χ2n) is 10.4. The monoisotopic (exact) mass is 622 g/mol. The topological polar surface area (TPSA) is 102 Å². The molecule has 1 aromatic heterocycles. The number of alkyl halides is 3. The molecule has 0 aliphatic carbocycles. The number of aryl methyl sites for hydroxylation is 1. The van der Waals surface area contributed by atoms with Crippen LogP contribution in [0, 0.1) is 6.92 Å². The molecule has 0 radical (unpaired) electrons. The largest absolute Gasteiger partial charge is 0.573 e. The Morgan fingerprint density at radius 1 is 1.11 bits per heavy atom. The summed E-state index contributed by atoms with van der Waals surface area (Å²) in [6.45, 7) is 6.43. The Kier molecular flexibility index (Phi) is 9.04. The molecule has 0 saturated carbocycles. The number of aromatic nitrogens is 3. The fraction of sp³-hybridized carbons (Fsp3) is 0.258. The molecule has 0 atom stereocenters. The number of ether oxygens (including phenoxy) is 1. The van der Waals surface area contributed by atoms with Crippen molar-refractivity contribution in [1.82, 2.24) is 20.1 Å². The Bertz CT molecular complexity index is 1700. The molecule has 13 heteroatoms. The average Bonchev–Trinajstić information content (AvgIpc) is 3.60. The first-order chi connectivity index (χ1) is 21.0. The van der Waals surface area contributed by atoms with Crippen LogP contribution in [0.1, 0.15) is 36.5 Å². The summed E-state index contributed by atoms with van der Waals surface area (Å²) >= 11 is 1.24. The molecule has 5 rings (SSSR count). The molecule has 0 spiro atoms. The number of amides is 3. The Labute approximate surface area is 256 Å². The number of nitrogens with one attached hydrogen (secondary N) is 1. The summed E-state index contributed by atoms with van der Waals surface area (Å²) in [4.78, 5) is 35.5. The SMILES string of the molecule is Cc1ccc(N2C(=O)CSC2=NC(=O)NCCc2cccc(-c3ncn(-c4ccc(OC(F)(F)F)cc4)n3)c2)c(C(C)C)c1. The van der Waals surface area contributed by atoms with E-state index in [0.717, 1.165) is 27.9 Å². The van der Waals surface area contributed by atoms with Gasteiger partial charge in [-0.25, -0.2) is 14.5 Å². The van der Waals surface area contributed by atoms with E-state index in [-0.39, 0.29) is 23.3 Å². The van der Waals surface area contributed by atoms with Crippen molar-refractivity contribution in [3.63, 3.8) is 0 Å². The van der Waals surface area contributed by atoms with Crippen LogP contribution in [0.2, 0.25) is 0 Å². The van der Waals surface area contributed by atoms with Gasteiger partial charge in [-0.2, -0.15) is 4.99 Å². The predicted octanol–water partition coefficient (Wildman–Crippen LogP) is 6.65. The third-order valence-electron chi connectivity index (χ3n) is 6.71. The number of aliphatic imine (C=N–C) groups is 1. The number of nitrogens with zero attached hydrogens (tertiary/aromatic N) is 5. The number of amidine groups is 1. The molecule has 3 aromatic carbocycles. The minimum Gasteiger partial charge on any atom is -0.406 e. The molecule has 0 unspecified atom stereocenters. The van der Waals surface area contributed by atoms with Gasteiger partial charge in [0.2, 0.25) is 5.91 Å². The van der Waals surface area contributed by atoms with Gasteiger partial charge in [0.15, 0.2) is 11.0 Å². The van der Waals surface area contributed by atoms with E-state index in [1.54, 1.807) is 0 Å². The van der Waals surface area contributed by atoms with Crippen molar-refractivity contribution in [3.05, 3.63) is 89.7 Å². The summed E-state index contributed by atoms with van der Waals surface area (Å²) in [5, 5.41) is 7.59. The van der Waals surface area contributed by atoms with Gasteiger partial charge in [-0.05, 0) is 66.8 Å². The molecule has 9 nitrogen and oxygen atoms in total. The van der Waals surface area contributed by atoms with Crippen molar-refractivity contribution in [3.8, 4) is 22.8 Å². The van der Waals surface area contributed by atoms with Crippen molar-refractivity contribution in [2.24, 2.45) is 4.99 Å². The van der Waals surface area contributed by atoms with E-state index in [2.05, 4.69) is 45.0 Å². The number of rotatable bonds is 8. The van der Waals surface area contributed by atoms with Gasteiger partial charge in [-0.3, -0.25) is 9.69 Å². The quantitative estimate of drug-likeness (QED) is 0.236. The molecule has 228 valence electrons. The highest BCUT2D eigenvalue weighted by atomic mass is 32.2. The van der Waals surface area contributed by atoms with Crippen LogP contribution in [-0.2, 0) is 11.2 Å². The van der Waals surface area contributed by atoms with Gasteiger partial charge in [-0.1, -0.05) is 61.5 Å². The Balaban J connectivity index is 1.21. The summed E-state index contributed by atoms with van der Waals surface area (Å²) in [7, 11) is 0. The predicted molar refractivity (Wildman–Crippen MR) is 163 cm³/mol. The standard InChI is InChI=1S/C31H29F3N6O3S/c1-19(2)25-15-20(3)7-12-26(25)40-27(41)17-44-30(40)37-29(42)35-14-13-21-5-4-6-22(16-21)28-36-18-39(38-28)23-8-10-24(11-9-23)43-31(32,33)34/h4-12,15-16,18-19H,13-14,17H2,1-3H3,(H,35,42). The van der Waals surface area contributed by atoms with Crippen LogP contribution in [-0.4, -0.2) is 50.5 Å². The van der Waals surface area contributed by atoms with E-state index in [0.29, 0.717) is 29.6 Å². The molecule has 1 aliphatic rings. The molecule has 1 fully saturated rings. The zero-order valence-corrected chi connectivity index (χ0v) is 24.9. The number of thioether (sulfide) groups is 1. The Morgan fingerprint density at radius 3 is 2.61 bits per heavy atom. The van der Waals surface area contributed by atoms with Gasteiger partial charge >= 0.3 is 12.4 Å². The second kappa shape index (κ2) is 12.9. The van der Waals surface area contributed by atoms with E-state index >= 15 is 0 Å². The zero-order chi connectivity index (χ0) is 31.4. The molecule has 44 heavy (non-hydrogen) atoms. The van der Waals surface area contributed by atoms with E-state index < -0.39 is 12.4 Å². The summed E-state index contributed by atoms with van der Waals surface area (Å²) in [6, 6.07) is 18.2. The number of halogens is 3. The first-order valence-corrected chi connectivity index (χ1v) is 14.8. The third kappa shape index (κ3) is 7.46. The van der Waals surface area contributed by atoms with Crippen LogP contribution in [0.25, 0.3) is 17.1 Å². The normalized spacial score (nSPS) is 14.5. The second-order valence-corrected chi connectivity index (χ2v) is 11.3. The number of anilines is 1. The van der Waals surface area contributed by atoms with Crippen LogP contribution in [0.3, 0.4) is 0 Å². The van der Waals surface area contributed by atoms with Gasteiger partial charge in [0, 0.05) is 12.1 Å². The highest BCUT2D eigenvalue weighted by Gasteiger charge is 2.32. The number of benzene rings is 3. The lowest BCUT2D eigenvalue weighted by Gasteiger charge is -2.22. The zero-order valence-electron chi connectivity index (χ0n) is 24.1. The first-order valence-electron chi connectivity index (χ1n) is 13.8. The fourth-order valence-corrected chi connectivity index (χ4v) is 5.51. The van der Waals surface area contributed by atoms with Gasteiger partial charge in [0.25, 0.3) is 0 Å². The first kappa shape index (κ1) is 30.8. The number of hydrogen-bond acceptors (Lipinski definition) is 6. The third-order valence-corrected chi connectivity index (χ3v) is 7.63. The van der Waals surface area contributed by atoms with Crippen molar-refractivity contribution >= 4 is 34.6 Å². The van der Waals surface area contributed by atoms with E-state index in [1.165, 1.54) is 51.9 Å². The maximum absolute atomic E-state index is 12.8. The van der Waals surface area contributed by atoms with Crippen LogP contribution in [0.4, 0.5) is 23.7 Å². The minimum atomic E-state index is -4.76. The maximum Gasteiger partial charge on any atom is 0.573 e. The van der Waals surface area contributed by atoms with E-state index in [9.17, 15) is 22.8 Å². The average molecular weight is 623 g/mol. The Morgan fingerprint density at radius 2 is 1.89 bits per heavy atom. The minimum absolute atomic E-state index is 0.118.